The molecule has 21 heavy (non-hydrogen) atoms. The average Bonchev–Trinajstić information content (AvgIpc) is 2.49. The first kappa shape index (κ1) is 16.0. The Balaban J connectivity index is 1.77. The van der Waals surface area contributed by atoms with Gasteiger partial charge in [-0.05, 0) is 61.4 Å². The first-order chi connectivity index (χ1) is 10.1. The lowest BCUT2D eigenvalue weighted by molar-refractivity contribution is 0.1000. The van der Waals surface area contributed by atoms with Gasteiger partial charge in [0.15, 0.2) is 0 Å². The van der Waals surface area contributed by atoms with Crippen LogP contribution >= 0.6 is 0 Å². The number of rotatable bonds is 6. The predicted molar refractivity (Wildman–Crippen MR) is 87.1 cm³/mol. The molecule has 3 nitrogen and oxygen atoms in total. The summed E-state index contributed by atoms with van der Waals surface area (Å²) in [7, 11) is 0. The van der Waals surface area contributed by atoms with Crippen molar-refractivity contribution in [3.8, 4) is 0 Å². The fourth-order valence-corrected chi connectivity index (χ4v) is 3.30. The van der Waals surface area contributed by atoms with Crippen LogP contribution in [0.15, 0.2) is 18.2 Å². The number of nitrogens with one attached hydrogen (secondary N) is 1. The molecule has 1 aromatic carbocycles. The van der Waals surface area contributed by atoms with Crippen LogP contribution in [0.3, 0.4) is 0 Å². The van der Waals surface area contributed by atoms with Gasteiger partial charge in [-0.1, -0.05) is 32.3 Å². The highest BCUT2D eigenvalue weighted by Gasteiger charge is 2.19. The SMILES string of the molecule is CCC1CCC(CNCc2ccc(C(N)=O)cc2C)CC1. The molecule has 0 saturated heterocycles. The average molecular weight is 288 g/mol. The molecule has 1 amide bonds. The summed E-state index contributed by atoms with van der Waals surface area (Å²) in [5, 5.41) is 3.58. The molecular weight excluding hydrogens is 260 g/mol. The van der Waals surface area contributed by atoms with Crippen LogP contribution in [0.2, 0.25) is 0 Å². The third-order valence-corrected chi connectivity index (χ3v) is 4.92. The normalized spacial score (nSPS) is 22.2. The van der Waals surface area contributed by atoms with Gasteiger partial charge in [-0.25, -0.2) is 0 Å². The van der Waals surface area contributed by atoms with Gasteiger partial charge < -0.3 is 11.1 Å². The van der Waals surface area contributed by atoms with Crippen LogP contribution < -0.4 is 11.1 Å². The molecule has 3 heteroatoms. The summed E-state index contributed by atoms with van der Waals surface area (Å²) < 4.78 is 0. The summed E-state index contributed by atoms with van der Waals surface area (Å²) in [6.07, 6.45) is 6.87. The fourth-order valence-electron chi connectivity index (χ4n) is 3.30. The molecule has 0 radical (unpaired) electrons. The molecule has 0 unspecified atom stereocenters. The molecular formula is C18H28N2O. The molecule has 116 valence electrons. The van der Waals surface area contributed by atoms with Crippen molar-refractivity contribution in [1.82, 2.24) is 5.32 Å². The minimum atomic E-state index is -0.356. The zero-order chi connectivity index (χ0) is 15.2. The monoisotopic (exact) mass is 288 g/mol. The van der Waals surface area contributed by atoms with Gasteiger partial charge in [0.25, 0.3) is 0 Å². The molecule has 0 aliphatic heterocycles. The fraction of sp³-hybridized carbons (Fsp3) is 0.611. The molecule has 1 aromatic rings. The van der Waals surface area contributed by atoms with E-state index >= 15 is 0 Å². The highest BCUT2D eigenvalue weighted by atomic mass is 16.1. The van der Waals surface area contributed by atoms with Gasteiger partial charge in [0.2, 0.25) is 5.91 Å². The van der Waals surface area contributed by atoms with E-state index in [2.05, 4.69) is 12.2 Å². The van der Waals surface area contributed by atoms with E-state index in [9.17, 15) is 4.79 Å². The van der Waals surface area contributed by atoms with E-state index in [1.807, 2.05) is 25.1 Å². The van der Waals surface area contributed by atoms with E-state index < -0.39 is 0 Å². The Bertz CT molecular complexity index is 476. The molecule has 1 fully saturated rings. The van der Waals surface area contributed by atoms with Crippen molar-refractivity contribution < 1.29 is 4.79 Å². The predicted octanol–water partition coefficient (Wildman–Crippen LogP) is 3.40. The van der Waals surface area contributed by atoms with Crippen LogP contribution in [-0.2, 0) is 6.54 Å². The lowest BCUT2D eigenvalue weighted by Gasteiger charge is -2.28. The molecule has 0 heterocycles. The molecule has 1 aliphatic carbocycles. The topological polar surface area (TPSA) is 55.1 Å². The van der Waals surface area contributed by atoms with E-state index in [-0.39, 0.29) is 5.91 Å². The van der Waals surface area contributed by atoms with Gasteiger partial charge in [-0.2, -0.15) is 0 Å². The molecule has 1 saturated carbocycles. The number of benzene rings is 1. The van der Waals surface area contributed by atoms with Gasteiger partial charge in [0.05, 0.1) is 0 Å². The van der Waals surface area contributed by atoms with Crippen LogP contribution in [0, 0.1) is 18.8 Å². The Kier molecular flexibility index (Phi) is 5.80. The number of hydrogen-bond donors (Lipinski definition) is 2. The smallest absolute Gasteiger partial charge is 0.248 e. The van der Waals surface area contributed by atoms with Crippen molar-refractivity contribution in [3.05, 3.63) is 34.9 Å². The zero-order valence-corrected chi connectivity index (χ0v) is 13.3. The summed E-state index contributed by atoms with van der Waals surface area (Å²) in [4.78, 5) is 11.1. The van der Waals surface area contributed by atoms with Gasteiger partial charge in [-0.15, -0.1) is 0 Å². The molecule has 0 atom stereocenters. The Morgan fingerprint density at radius 3 is 2.48 bits per heavy atom. The minimum Gasteiger partial charge on any atom is -0.366 e. The maximum Gasteiger partial charge on any atom is 0.248 e. The maximum atomic E-state index is 11.1. The Hall–Kier alpha value is -1.35. The minimum absolute atomic E-state index is 0.356. The summed E-state index contributed by atoms with van der Waals surface area (Å²) >= 11 is 0. The maximum absolute atomic E-state index is 11.1. The molecule has 0 bridgehead atoms. The van der Waals surface area contributed by atoms with E-state index in [1.54, 1.807) is 0 Å². The van der Waals surface area contributed by atoms with Crippen molar-refractivity contribution in [1.29, 1.82) is 0 Å². The van der Waals surface area contributed by atoms with E-state index in [4.69, 9.17) is 5.73 Å². The van der Waals surface area contributed by atoms with E-state index in [0.717, 1.165) is 30.5 Å². The Labute approximate surface area is 128 Å². The van der Waals surface area contributed by atoms with Gasteiger partial charge in [0.1, 0.15) is 0 Å². The lowest BCUT2D eigenvalue weighted by atomic mass is 9.81. The first-order valence-corrected chi connectivity index (χ1v) is 8.20. The third-order valence-electron chi connectivity index (χ3n) is 4.92. The van der Waals surface area contributed by atoms with Crippen molar-refractivity contribution in [2.45, 2.75) is 52.5 Å². The second-order valence-corrected chi connectivity index (χ2v) is 6.43. The number of aryl methyl sites for hydroxylation is 1. The van der Waals surface area contributed by atoms with Crippen LogP contribution in [0.25, 0.3) is 0 Å². The summed E-state index contributed by atoms with van der Waals surface area (Å²) in [6, 6.07) is 5.71. The van der Waals surface area contributed by atoms with Crippen LogP contribution in [0.4, 0.5) is 0 Å². The highest BCUT2D eigenvalue weighted by molar-refractivity contribution is 5.93. The standard InChI is InChI=1S/C18H28N2O/c1-3-14-4-6-15(7-5-14)11-20-12-17-9-8-16(18(19)21)10-13(17)2/h8-10,14-15,20H,3-7,11-12H2,1-2H3,(H2,19,21). The molecule has 1 aliphatic rings. The summed E-state index contributed by atoms with van der Waals surface area (Å²) in [6.45, 7) is 6.32. The summed E-state index contributed by atoms with van der Waals surface area (Å²) in [5.74, 6) is 1.44. The molecule has 3 N–H and O–H groups in total. The van der Waals surface area contributed by atoms with Crippen LogP contribution in [-0.4, -0.2) is 12.5 Å². The van der Waals surface area contributed by atoms with Crippen LogP contribution in [0.5, 0.6) is 0 Å². The number of amides is 1. The number of nitrogens with two attached hydrogens (primary N) is 1. The van der Waals surface area contributed by atoms with Crippen molar-refractivity contribution in [3.63, 3.8) is 0 Å². The number of hydrogen-bond acceptors (Lipinski definition) is 2. The van der Waals surface area contributed by atoms with Gasteiger partial charge >= 0.3 is 0 Å². The third kappa shape index (κ3) is 4.57. The molecule has 0 aromatic heterocycles. The van der Waals surface area contributed by atoms with Gasteiger partial charge in [-0.3, -0.25) is 4.79 Å². The number of primary amides is 1. The Morgan fingerprint density at radius 1 is 1.24 bits per heavy atom. The van der Waals surface area contributed by atoms with Gasteiger partial charge in [0, 0.05) is 12.1 Å². The second-order valence-electron chi connectivity index (χ2n) is 6.43. The van der Waals surface area contributed by atoms with Crippen LogP contribution in [0.1, 0.15) is 60.5 Å². The second kappa shape index (κ2) is 7.60. The van der Waals surface area contributed by atoms with E-state index in [0.29, 0.717) is 5.56 Å². The largest absolute Gasteiger partial charge is 0.366 e. The molecule has 0 spiro atoms. The number of carbonyl (C=O) groups excluding carboxylic acids is 1. The highest BCUT2D eigenvalue weighted by Crippen LogP contribution is 2.30. The van der Waals surface area contributed by atoms with Crippen molar-refractivity contribution in [2.24, 2.45) is 17.6 Å². The first-order valence-electron chi connectivity index (χ1n) is 8.20. The lowest BCUT2D eigenvalue weighted by Crippen LogP contribution is -2.26. The zero-order valence-electron chi connectivity index (χ0n) is 13.3. The van der Waals surface area contributed by atoms with Crippen molar-refractivity contribution in [2.75, 3.05) is 6.54 Å². The number of carbonyl (C=O) groups is 1. The molecule has 2 rings (SSSR count). The quantitative estimate of drug-likeness (QED) is 0.843. The Morgan fingerprint density at radius 2 is 1.90 bits per heavy atom. The van der Waals surface area contributed by atoms with E-state index in [1.165, 1.54) is 37.7 Å². The van der Waals surface area contributed by atoms with Crippen molar-refractivity contribution >= 4 is 5.91 Å². The summed E-state index contributed by atoms with van der Waals surface area (Å²) in [5.41, 5.74) is 8.28.